The molecular formula is C24H18N4O3S. The van der Waals surface area contributed by atoms with Gasteiger partial charge in [-0.15, -0.1) is 4.40 Å². The van der Waals surface area contributed by atoms with Gasteiger partial charge in [-0.2, -0.15) is 13.5 Å². The lowest BCUT2D eigenvalue weighted by Gasteiger charge is -2.07. The number of hydrogen-bond acceptors (Lipinski definition) is 4. The number of fused-ring (bicyclic) bond motifs is 1. The molecule has 5 rings (SSSR count). The smallest absolute Gasteiger partial charge is 0.285 e. The summed E-state index contributed by atoms with van der Waals surface area (Å²) < 4.78 is 30.1. The molecule has 0 radical (unpaired) electrons. The quantitative estimate of drug-likeness (QED) is 0.523. The average Bonchev–Trinajstić information content (AvgIpc) is 3.35. The van der Waals surface area contributed by atoms with Crippen molar-refractivity contribution < 1.29 is 13.2 Å². The summed E-state index contributed by atoms with van der Waals surface area (Å²) in [5, 5.41) is 7.36. The molecule has 1 aliphatic heterocycles. The number of nitrogens with one attached hydrogen (secondary N) is 1. The predicted octanol–water partition coefficient (Wildman–Crippen LogP) is 3.73. The molecule has 0 bridgehead atoms. The van der Waals surface area contributed by atoms with Gasteiger partial charge in [0, 0.05) is 17.3 Å². The fourth-order valence-corrected chi connectivity index (χ4v) is 4.84. The molecule has 3 aromatic carbocycles. The normalized spacial score (nSPS) is 14.0. The van der Waals surface area contributed by atoms with E-state index in [-0.39, 0.29) is 10.7 Å². The van der Waals surface area contributed by atoms with E-state index in [1.54, 1.807) is 29.1 Å². The molecule has 7 nitrogen and oxygen atoms in total. The summed E-state index contributed by atoms with van der Waals surface area (Å²) in [6.07, 6.45) is 1.64. The molecule has 0 aliphatic carbocycles. The second kappa shape index (κ2) is 7.58. The molecule has 0 saturated carbocycles. The third kappa shape index (κ3) is 3.40. The maximum Gasteiger partial charge on any atom is 0.285 e. The van der Waals surface area contributed by atoms with Crippen molar-refractivity contribution >= 4 is 21.8 Å². The number of para-hydroxylation sites is 1. The van der Waals surface area contributed by atoms with Crippen molar-refractivity contribution in [1.82, 2.24) is 15.1 Å². The molecule has 4 aromatic rings. The highest BCUT2D eigenvalue weighted by Gasteiger charge is 2.30. The Hall–Kier alpha value is -4.04. The van der Waals surface area contributed by atoms with Gasteiger partial charge in [0.2, 0.25) is 0 Å². The summed E-state index contributed by atoms with van der Waals surface area (Å²) in [5.74, 6) is -0.482. The largest absolute Gasteiger partial charge is 0.305 e. The molecule has 8 heteroatoms. The first kappa shape index (κ1) is 19.9. The van der Waals surface area contributed by atoms with E-state index >= 15 is 0 Å². The number of hydrogen-bond donors (Lipinski definition) is 1. The predicted molar refractivity (Wildman–Crippen MR) is 121 cm³/mol. The summed E-state index contributed by atoms with van der Waals surface area (Å²) >= 11 is 0. The minimum Gasteiger partial charge on any atom is -0.305 e. The Kier molecular flexibility index (Phi) is 4.71. The van der Waals surface area contributed by atoms with Crippen molar-refractivity contribution in [3.05, 3.63) is 102 Å². The number of carbonyl (C=O) groups excluding carboxylic acids is 1. The third-order valence-corrected chi connectivity index (χ3v) is 6.58. The Morgan fingerprint density at radius 2 is 1.53 bits per heavy atom. The Labute approximate surface area is 185 Å². The first-order valence-electron chi connectivity index (χ1n) is 9.91. The lowest BCUT2D eigenvalue weighted by molar-refractivity contribution is 0.0978. The van der Waals surface area contributed by atoms with Gasteiger partial charge in [-0.25, -0.2) is 4.68 Å². The topological polar surface area (TPSA) is 93.4 Å². The Bertz CT molecular complexity index is 1490. The van der Waals surface area contributed by atoms with Crippen LogP contribution in [0.4, 0.5) is 0 Å². The van der Waals surface area contributed by atoms with E-state index < -0.39 is 15.9 Å². The highest BCUT2D eigenvalue weighted by Crippen LogP contribution is 2.28. The molecule has 0 unspecified atom stereocenters. The second-order valence-electron chi connectivity index (χ2n) is 7.35. The number of rotatable bonds is 3. The van der Waals surface area contributed by atoms with Gasteiger partial charge in [0.25, 0.3) is 15.9 Å². The average molecular weight is 443 g/mol. The first-order valence-corrected chi connectivity index (χ1v) is 11.3. The van der Waals surface area contributed by atoms with Crippen molar-refractivity contribution in [3.8, 4) is 16.9 Å². The molecule has 158 valence electrons. The SMILES string of the molecule is Cc1ccccc1-c1nn(-c2ccccc2)cc1C(=O)NC1=NS(=O)(=O)c2ccccc21. The molecule has 0 spiro atoms. The van der Waals surface area contributed by atoms with Crippen molar-refractivity contribution in [1.29, 1.82) is 0 Å². The minimum absolute atomic E-state index is 0.00814. The molecule has 1 aliphatic rings. The van der Waals surface area contributed by atoms with Crippen LogP contribution >= 0.6 is 0 Å². The van der Waals surface area contributed by atoms with Gasteiger partial charge in [-0.1, -0.05) is 54.6 Å². The van der Waals surface area contributed by atoms with Crippen LogP contribution in [0.3, 0.4) is 0 Å². The van der Waals surface area contributed by atoms with Crippen LogP contribution in [0.15, 0.2) is 94.4 Å². The van der Waals surface area contributed by atoms with Crippen LogP contribution < -0.4 is 5.32 Å². The molecule has 1 amide bonds. The van der Waals surface area contributed by atoms with Crippen molar-refractivity contribution in [2.75, 3.05) is 0 Å². The van der Waals surface area contributed by atoms with Crippen LogP contribution in [0.25, 0.3) is 16.9 Å². The van der Waals surface area contributed by atoms with Crippen molar-refractivity contribution in [3.63, 3.8) is 0 Å². The van der Waals surface area contributed by atoms with E-state index in [2.05, 4.69) is 14.8 Å². The Morgan fingerprint density at radius 1 is 0.875 bits per heavy atom. The van der Waals surface area contributed by atoms with Crippen LogP contribution in [0, 0.1) is 6.92 Å². The number of amides is 1. The maximum atomic E-state index is 13.3. The maximum absolute atomic E-state index is 13.3. The van der Waals surface area contributed by atoms with Gasteiger partial charge in [-0.3, -0.25) is 4.79 Å². The first-order chi connectivity index (χ1) is 15.4. The molecule has 32 heavy (non-hydrogen) atoms. The monoisotopic (exact) mass is 442 g/mol. The van der Waals surface area contributed by atoms with Gasteiger partial charge in [0.15, 0.2) is 5.84 Å². The zero-order valence-electron chi connectivity index (χ0n) is 17.1. The van der Waals surface area contributed by atoms with E-state index in [0.717, 1.165) is 16.8 Å². The number of amidine groups is 1. The molecule has 1 N–H and O–H groups in total. The number of benzene rings is 3. The highest BCUT2D eigenvalue weighted by molar-refractivity contribution is 7.90. The van der Waals surface area contributed by atoms with Crippen LogP contribution in [-0.4, -0.2) is 29.9 Å². The molecule has 0 fully saturated rings. The molecule has 0 atom stereocenters. The van der Waals surface area contributed by atoms with Crippen molar-refractivity contribution in [2.45, 2.75) is 11.8 Å². The van der Waals surface area contributed by atoms with E-state index in [1.807, 2.05) is 61.5 Å². The fraction of sp³-hybridized carbons (Fsp3) is 0.0417. The Balaban J connectivity index is 1.59. The summed E-state index contributed by atoms with van der Waals surface area (Å²) in [6.45, 7) is 1.95. The molecular weight excluding hydrogens is 424 g/mol. The second-order valence-corrected chi connectivity index (χ2v) is 8.92. The van der Waals surface area contributed by atoms with E-state index in [9.17, 15) is 13.2 Å². The number of carbonyl (C=O) groups is 1. The summed E-state index contributed by atoms with van der Waals surface area (Å²) in [5.41, 5.74) is 3.76. The molecule has 0 saturated heterocycles. The standard InChI is InChI=1S/C24H18N4O3S/c1-16-9-5-6-12-18(16)22-20(15-28(26-22)17-10-3-2-4-11-17)24(29)25-23-19-13-7-8-14-21(19)32(30,31)27-23/h2-15H,1H3,(H,25,27,29). The van der Waals surface area contributed by atoms with Crippen LogP contribution in [0.1, 0.15) is 21.5 Å². The van der Waals surface area contributed by atoms with Crippen LogP contribution in [0.5, 0.6) is 0 Å². The molecule has 1 aromatic heterocycles. The minimum atomic E-state index is -3.84. The van der Waals surface area contributed by atoms with E-state index in [4.69, 9.17) is 0 Å². The van der Waals surface area contributed by atoms with Gasteiger partial charge < -0.3 is 5.32 Å². The van der Waals surface area contributed by atoms with Gasteiger partial charge in [-0.05, 0) is 36.8 Å². The number of nitrogens with zero attached hydrogens (tertiary/aromatic N) is 3. The number of sulfonamides is 1. The number of aromatic nitrogens is 2. The van der Waals surface area contributed by atoms with Gasteiger partial charge >= 0.3 is 0 Å². The lowest BCUT2D eigenvalue weighted by Crippen LogP contribution is -2.30. The highest BCUT2D eigenvalue weighted by atomic mass is 32.2. The fourth-order valence-electron chi connectivity index (χ4n) is 3.66. The summed E-state index contributed by atoms with van der Waals surface area (Å²) in [4.78, 5) is 13.4. The summed E-state index contributed by atoms with van der Waals surface area (Å²) in [6, 6.07) is 23.5. The lowest BCUT2D eigenvalue weighted by atomic mass is 10.0. The Morgan fingerprint density at radius 3 is 2.28 bits per heavy atom. The third-order valence-electron chi connectivity index (χ3n) is 5.24. The number of aryl methyl sites for hydroxylation is 1. The van der Waals surface area contributed by atoms with E-state index in [0.29, 0.717) is 16.8 Å². The van der Waals surface area contributed by atoms with Crippen LogP contribution in [0.2, 0.25) is 0 Å². The van der Waals surface area contributed by atoms with E-state index in [1.165, 1.54) is 6.07 Å². The van der Waals surface area contributed by atoms with Gasteiger partial charge in [0.1, 0.15) is 10.6 Å². The van der Waals surface area contributed by atoms with Gasteiger partial charge in [0.05, 0.1) is 11.3 Å². The zero-order chi connectivity index (χ0) is 22.3. The summed E-state index contributed by atoms with van der Waals surface area (Å²) in [7, 11) is -3.84. The zero-order valence-corrected chi connectivity index (χ0v) is 17.9. The van der Waals surface area contributed by atoms with Crippen LogP contribution in [-0.2, 0) is 10.0 Å². The van der Waals surface area contributed by atoms with Crippen molar-refractivity contribution in [2.24, 2.45) is 4.40 Å². The molecule has 2 heterocycles.